The van der Waals surface area contributed by atoms with Gasteiger partial charge in [-0.2, -0.15) is 4.98 Å². The largest absolute Gasteiger partial charge is 0.335 e. The zero-order valence-electron chi connectivity index (χ0n) is 6.94. The van der Waals surface area contributed by atoms with Gasteiger partial charge in [-0.25, -0.2) is 5.84 Å². The molecule has 13 heavy (non-hydrogen) atoms. The number of anilines is 1. The van der Waals surface area contributed by atoms with E-state index in [0.29, 0.717) is 5.82 Å². The number of hydrogen-bond donors (Lipinski definition) is 2. The lowest BCUT2D eigenvalue weighted by Crippen LogP contribution is -2.06. The molecule has 0 aliphatic rings. The predicted molar refractivity (Wildman–Crippen MR) is 50.2 cm³/mol. The summed E-state index contributed by atoms with van der Waals surface area (Å²) >= 11 is 1.61. The van der Waals surface area contributed by atoms with Crippen molar-refractivity contribution in [3.05, 3.63) is 17.0 Å². The molecule has 0 aliphatic heterocycles. The first-order valence-corrected chi connectivity index (χ1v) is 4.48. The highest BCUT2D eigenvalue weighted by atomic mass is 32.1. The van der Waals surface area contributed by atoms with Crippen molar-refractivity contribution in [2.45, 2.75) is 6.92 Å². The van der Waals surface area contributed by atoms with Crippen LogP contribution in [0.1, 0.15) is 4.88 Å². The van der Waals surface area contributed by atoms with Crippen molar-refractivity contribution in [2.24, 2.45) is 5.84 Å². The van der Waals surface area contributed by atoms with Crippen molar-refractivity contribution in [2.75, 3.05) is 5.43 Å². The molecule has 0 saturated carbocycles. The van der Waals surface area contributed by atoms with Crippen molar-refractivity contribution in [1.82, 2.24) is 10.1 Å². The van der Waals surface area contributed by atoms with E-state index in [1.165, 1.54) is 4.88 Å². The molecule has 0 unspecified atom stereocenters. The summed E-state index contributed by atoms with van der Waals surface area (Å²) in [5.74, 6) is 5.66. The van der Waals surface area contributed by atoms with Gasteiger partial charge in [0.2, 0.25) is 5.82 Å². The number of aromatic nitrogens is 2. The number of rotatable bonds is 2. The Morgan fingerprint density at radius 2 is 2.38 bits per heavy atom. The van der Waals surface area contributed by atoms with Gasteiger partial charge < -0.3 is 4.52 Å². The molecule has 3 N–H and O–H groups in total. The fraction of sp³-hybridized carbons (Fsp3) is 0.143. The summed E-state index contributed by atoms with van der Waals surface area (Å²) in [6, 6.07) is 4.18. The van der Waals surface area contributed by atoms with Crippen LogP contribution in [0.2, 0.25) is 0 Å². The molecule has 0 bridgehead atoms. The Hall–Kier alpha value is -1.40. The maximum atomic E-state index is 5.10. The molecular weight excluding hydrogens is 188 g/mol. The first-order chi connectivity index (χ1) is 6.29. The van der Waals surface area contributed by atoms with E-state index in [4.69, 9.17) is 10.4 Å². The number of aryl methyl sites for hydroxylation is 1. The number of hydrazine groups is 1. The lowest BCUT2D eigenvalue weighted by Gasteiger charge is -1.84. The standard InChI is InChI=1S/C7H8N4OS/c1-4-2-3-5(13-4)6-9-7(10-8)12-11-6/h2-3H,8H2,1H3,(H,9,10,11). The van der Waals surface area contributed by atoms with Gasteiger partial charge in [-0.15, -0.1) is 11.3 Å². The van der Waals surface area contributed by atoms with Crippen molar-refractivity contribution >= 4 is 17.4 Å². The minimum absolute atomic E-state index is 0.223. The summed E-state index contributed by atoms with van der Waals surface area (Å²) in [5, 5.41) is 3.75. The zero-order valence-corrected chi connectivity index (χ0v) is 7.76. The Morgan fingerprint density at radius 1 is 1.54 bits per heavy atom. The number of nitrogens with zero attached hydrogens (tertiary/aromatic N) is 2. The molecule has 6 heteroatoms. The second kappa shape index (κ2) is 3.15. The van der Waals surface area contributed by atoms with Gasteiger partial charge in [0, 0.05) is 4.88 Å². The predicted octanol–water partition coefficient (Wildman–Crippen LogP) is 1.39. The van der Waals surface area contributed by atoms with Crippen molar-refractivity contribution in [1.29, 1.82) is 0 Å². The van der Waals surface area contributed by atoms with Gasteiger partial charge in [0.1, 0.15) is 0 Å². The number of thiophene rings is 1. The first kappa shape index (κ1) is 8.21. The summed E-state index contributed by atoms with van der Waals surface area (Å²) in [6.07, 6.45) is 0. The number of nitrogens with one attached hydrogen (secondary N) is 1. The van der Waals surface area contributed by atoms with Crippen LogP contribution in [0.15, 0.2) is 16.7 Å². The normalized spacial score (nSPS) is 10.3. The molecule has 2 aromatic rings. The van der Waals surface area contributed by atoms with Gasteiger partial charge in [0.25, 0.3) is 0 Å². The lowest BCUT2D eigenvalue weighted by molar-refractivity contribution is 0.433. The van der Waals surface area contributed by atoms with Crippen LogP contribution in [0.5, 0.6) is 0 Å². The van der Waals surface area contributed by atoms with Gasteiger partial charge >= 0.3 is 6.01 Å². The van der Waals surface area contributed by atoms with E-state index in [1.54, 1.807) is 11.3 Å². The van der Waals surface area contributed by atoms with Crippen LogP contribution < -0.4 is 11.3 Å². The average Bonchev–Trinajstić information content (AvgIpc) is 2.71. The maximum Gasteiger partial charge on any atom is 0.335 e. The van der Waals surface area contributed by atoms with Gasteiger partial charge in [-0.3, -0.25) is 5.43 Å². The molecule has 2 rings (SSSR count). The lowest BCUT2D eigenvalue weighted by atomic mass is 10.4. The summed E-state index contributed by atoms with van der Waals surface area (Å²) in [5.41, 5.74) is 2.29. The molecule has 5 nitrogen and oxygen atoms in total. The Bertz CT molecular complexity index is 408. The third-order valence-corrected chi connectivity index (χ3v) is 2.51. The van der Waals surface area contributed by atoms with Crippen LogP contribution in [0.4, 0.5) is 6.01 Å². The molecule has 0 spiro atoms. The van der Waals surface area contributed by atoms with E-state index in [-0.39, 0.29) is 6.01 Å². The van der Waals surface area contributed by atoms with Crippen molar-refractivity contribution < 1.29 is 4.52 Å². The van der Waals surface area contributed by atoms with Gasteiger partial charge in [-0.05, 0) is 19.1 Å². The number of hydrogen-bond acceptors (Lipinski definition) is 6. The zero-order chi connectivity index (χ0) is 9.26. The van der Waals surface area contributed by atoms with E-state index < -0.39 is 0 Å². The Balaban J connectivity index is 2.35. The summed E-state index contributed by atoms with van der Waals surface area (Å²) in [7, 11) is 0. The molecule has 0 amide bonds. The highest BCUT2D eigenvalue weighted by Crippen LogP contribution is 2.25. The smallest absolute Gasteiger partial charge is 0.314 e. The molecule has 0 fully saturated rings. The van der Waals surface area contributed by atoms with Crippen LogP contribution in [-0.2, 0) is 0 Å². The van der Waals surface area contributed by atoms with Crippen LogP contribution in [0.3, 0.4) is 0 Å². The third kappa shape index (κ3) is 1.53. The Labute approximate surface area is 78.5 Å². The summed E-state index contributed by atoms with van der Waals surface area (Å²) < 4.78 is 4.79. The summed E-state index contributed by atoms with van der Waals surface area (Å²) in [4.78, 5) is 6.19. The minimum atomic E-state index is 0.223. The SMILES string of the molecule is Cc1ccc(-c2noc(NN)n2)s1. The second-order valence-electron chi connectivity index (χ2n) is 2.48. The Morgan fingerprint density at radius 3 is 2.92 bits per heavy atom. The van der Waals surface area contributed by atoms with E-state index in [9.17, 15) is 0 Å². The number of nitrogens with two attached hydrogens (primary N) is 1. The van der Waals surface area contributed by atoms with E-state index in [2.05, 4.69) is 15.6 Å². The van der Waals surface area contributed by atoms with Gasteiger partial charge in [0.05, 0.1) is 4.88 Å². The van der Waals surface area contributed by atoms with Crippen molar-refractivity contribution in [3.63, 3.8) is 0 Å². The third-order valence-electron chi connectivity index (χ3n) is 1.51. The van der Waals surface area contributed by atoms with Crippen molar-refractivity contribution in [3.8, 4) is 10.7 Å². The van der Waals surface area contributed by atoms with E-state index in [0.717, 1.165) is 4.88 Å². The minimum Gasteiger partial charge on any atom is -0.314 e. The summed E-state index contributed by atoms with van der Waals surface area (Å²) in [6.45, 7) is 2.02. The monoisotopic (exact) mass is 196 g/mol. The fourth-order valence-electron chi connectivity index (χ4n) is 0.937. The molecule has 0 saturated heterocycles. The van der Waals surface area contributed by atoms with Crippen LogP contribution in [0.25, 0.3) is 10.7 Å². The van der Waals surface area contributed by atoms with Gasteiger partial charge in [-0.1, -0.05) is 5.16 Å². The van der Waals surface area contributed by atoms with Crippen LogP contribution in [-0.4, -0.2) is 10.1 Å². The molecule has 0 atom stereocenters. The van der Waals surface area contributed by atoms with Crippen LogP contribution >= 0.6 is 11.3 Å². The van der Waals surface area contributed by atoms with E-state index in [1.807, 2.05) is 19.1 Å². The molecule has 0 aliphatic carbocycles. The first-order valence-electron chi connectivity index (χ1n) is 3.67. The molecular formula is C7H8N4OS. The molecule has 2 heterocycles. The molecule has 68 valence electrons. The highest BCUT2D eigenvalue weighted by Gasteiger charge is 2.08. The quantitative estimate of drug-likeness (QED) is 0.560. The van der Waals surface area contributed by atoms with Gasteiger partial charge in [0.15, 0.2) is 0 Å². The average molecular weight is 196 g/mol. The topological polar surface area (TPSA) is 77.0 Å². The van der Waals surface area contributed by atoms with Crippen LogP contribution in [0, 0.1) is 6.92 Å². The number of nitrogen functional groups attached to an aromatic ring is 1. The van der Waals surface area contributed by atoms with E-state index >= 15 is 0 Å². The second-order valence-corrected chi connectivity index (χ2v) is 3.77. The Kier molecular flexibility index (Phi) is 1.99. The highest BCUT2D eigenvalue weighted by molar-refractivity contribution is 7.15. The maximum absolute atomic E-state index is 5.10. The molecule has 0 radical (unpaired) electrons. The fourth-order valence-corrected chi connectivity index (χ4v) is 1.73. The molecule has 2 aromatic heterocycles. The molecule has 0 aromatic carbocycles.